The van der Waals surface area contributed by atoms with Crippen molar-refractivity contribution in [3.63, 3.8) is 0 Å². The number of primary amides is 1. The molecule has 3 aromatic rings. The van der Waals surface area contributed by atoms with Crippen molar-refractivity contribution in [2.45, 2.75) is 32.0 Å². The second-order valence-electron chi connectivity index (χ2n) is 9.74. The molecule has 1 fully saturated rings. The number of carbonyl (C=O) groups is 3. The SMILES string of the molecule is NC(=O)N1CCN(C(=O)C2Cc3ncn(Cc4ccc([N+](=O)[O-])cc4)c3CN2C(=O)Cc2ccccc2)CC1. The maximum absolute atomic E-state index is 13.7. The summed E-state index contributed by atoms with van der Waals surface area (Å²) in [7, 11) is 0. The first-order valence-corrected chi connectivity index (χ1v) is 12.7. The van der Waals surface area contributed by atoms with Gasteiger partial charge in [-0.3, -0.25) is 19.7 Å². The highest BCUT2D eigenvalue weighted by Crippen LogP contribution is 2.26. The third-order valence-corrected chi connectivity index (χ3v) is 7.32. The van der Waals surface area contributed by atoms with E-state index in [4.69, 9.17) is 5.73 Å². The predicted molar refractivity (Wildman–Crippen MR) is 140 cm³/mol. The predicted octanol–water partition coefficient (Wildman–Crippen LogP) is 1.56. The molecule has 4 amide bonds. The Hall–Kier alpha value is -4.74. The van der Waals surface area contributed by atoms with Crippen molar-refractivity contribution >= 4 is 23.5 Å². The van der Waals surface area contributed by atoms with E-state index in [2.05, 4.69) is 4.98 Å². The molecule has 2 aliphatic rings. The monoisotopic (exact) mass is 531 g/mol. The Morgan fingerprint density at radius 1 is 0.949 bits per heavy atom. The average molecular weight is 532 g/mol. The summed E-state index contributed by atoms with van der Waals surface area (Å²) < 4.78 is 1.92. The molecule has 2 aromatic carbocycles. The number of carbonyl (C=O) groups excluding carboxylic acids is 3. The zero-order chi connectivity index (χ0) is 27.5. The maximum atomic E-state index is 13.7. The van der Waals surface area contributed by atoms with E-state index < -0.39 is 17.0 Å². The number of amides is 4. The Kier molecular flexibility index (Phi) is 7.26. The number of fused-ring (bicyclic) bond motifs is 1. The van der Waals surface area contributed by atoms with Gasteiger partial charge in [-0.15, -0.1) is 0 Å². The lowest BCUT2D eigenvalue weighted by Gasteiger charge is -2.40. The van der Waals surface area contributed by atoms with E-state index >= 15 is 0 Å². The average Bonchev–Trinajstić information content (AvgIpc) is 3.34. The first-order chi connectivity index (χ1) is 18.8. The second-order valence-corrected chi connectivity index (χ2v) is 9.74. The van der Waals surface area contributed by atoms with Crippen LogP contribution in [-0.4, -0.2) is 79.2 Å². The molecule has 0 spiro atoms. The van der Waals surface area contributed by atoms with E-state index in [1.807, 2.05) is 34.9 Å². The third-order valence-electron chi connectivity index (χ3n) is 7.32. The van der Waals surface area contributed by atoms with Gasteiger partial charge in [0.1, 0.15) is 6.04 Å². The number of non-ortho nitro benzene ring substituents is 1. The normalized spacial score (nSPS) is 17.0. The van der Waals surface area contributed by atoms with Crippen LogP contribution in [0.4, 0.5) is 10.5 Å². The largest absolute Gasteiger partial charge is 0.351 e. The second kappa shape index (κ2) is 10.9. The van der Waals surface area contributed by atoms with Crippen molar-refractivity contribution in [2.75, 3.05) is 26.2 Å². The molecule has 0 radical (unpaired) electrons. The summed E-state index contributed by atoms with van der Waals surface area (Å²) in [6, 6.07) is 14.5. The Bertz CT molecular complexity index is 1380. The van der Waals surface area contributed by atoms with Crippen LogP contribution in [0.15, 0.2) is 60.9 Å². The summed E-state index contributed by atoms with van der Waals surface area (Å²) in [5, 5.41) is 11.0. The number of nitro groups is 1. The molecule has 0 aliphatic carbocycles. The number of nitrogens with zero attached hydrogens (tertiary/aromatic N) is 6. The minimum Gasteiger partial charge on any atom is -0.351 e. The fraction of sp³-hybridized carbons (Fsp3) is 0.333. The Morgan fingerprint density at radius 2 is 1.62 bits per heavy atom. The molecule has 12 nitrogen and oxygen atoms in total. The van der Waals surface area contributed by atoms with Gasteiger partial charge in [-0.25, -0.2) is 9.78 Å². The first-order valence-electron chi connectivity index (χ1n) is 12.7. The lowest BCUT2D eigenvalue weighted by atomic mass is 9.99. The van der Waals surface area contributed by atoms with Crippen molar-refractivity contribution < 1.29 is 19.3 Å². The van der Waals surface area contributed by atoms with Crippen molar-refractivity contribution in [1.82, 2.24) is 24.3 Å². The van der Waals surface area contributed by atoms with Crippen LogP contribution in [0.2, 0.25) is 0 Å². The van der Waals surface area contributed by atoms with Crippen LogP contribution in [0.3, 0.4) is 0 Å². The summed E-state index contributed by atoms with van der Waals surface area (Å²) >= 11 is 0. The number of rotatable bonds is 6. The van der Waals surface area contributed by atoms with Crippen LogP contribution < -0.4 is 5.73 Å². The molecular weight excluding hydrogens is 502 g/mol. The number of piperazine rings is 1. The lowest BCUT2D eigenvalue weighted by molar-refractivity contribution is -0.384. The molecule has 2 N–H and O–H groups in total. The molecule has 39 heavy (non-hydrogen) atoms. The van der Waals surface area contributed by atoms with Crippen molar-refractivity contribution in [1.29, 1.82) is 0 Å². The van der Waals surface area contributed by atoms with Crippen molar-refractivity contribution in [2.24, 2.45) is 5.73 Å². The zero-order valence-electron chi connectivity index (χ0n) is 21.3. The fourth-order valence-electron chi connectivity index (χ4n) is 5.14. The molecule has 5 rings (SSSR count). The number of imidazole rings is 1. The summed E-state index contributed by atoms with van der Waals surface area (Å²) in [5.41, 5.74) is 8.69. The molecule has 1 unspecified atom stereocenters. The van der Waals surface area contributed by atoms with Gasteiger partial charge >= 0.3 is 6.03 Å². The van der Waals surface area contributed by atoms with E-state index in [0.29, 0.717) is 32.7 Å². The molecule has 3 heterocycles. The Labute approximate surface area is 224 Å². The summed E-state index contributed by atoms with van der Waals surface area (Å²) in [4.78, 5) is 58.8. The quantitative estimate of drug-likeness (QED) is 0.377. The standard InChI is InChI=1S/C27H29N7O5/c28-27(37)31-12-10-30(11-13-31)26(36)23-15-22-24(17-33(23)25(35)14-19-4-2-1-3-5-19)32(18-29-22)16-20-6-8-21(9-7-20)34(38)39/h1-9,18,23H,10-17H2,(H2,28,37). The van der Waals surface area contributed by atoms with Gasteiger partial charge in [-0.2, -0.15) is 0 Å². The molecule has 1 saturated heterocycles. The van der Waals surface area contributed by atoms with Crippen LogP contribution in [0.5, 0.6) is 0 Å². The topological polar surface area (TPSA) is 148 Å². The highest BCUT2D eigenvalue weighted by molar-refractivity contribution is 5.89. The van der Waals surface area contributed by atoms with E-state index in [0.717, 1.165) is 22.5 Å². The zero-order valence-corrected chi connectivity index (χ0v) is 21.3. The van der Waals surface area contributed by atoms with Gasteiger partial charge in [0.2, 0.25) is 11.8 Å². The van der Waals surface area contributed by atoms with Crippen molar-refractivity contribution in [3.8, 4) is 0 Å². The van der Waals surface area contributed by atoms with Gasteiger partial charge in [0.15, 0.2) is 0 Å². The van der Waals surface area contributed by atoms with Crippen LogP contribution in [0.25, 0.3) is 0 Å². The first kappa shape index (κ1) is 25.9. The number of aromatic nitrogens is 2. The lowest BCUT2D eigenvalue weighted by Crippen LogP contribution is -2.59. The molecule has 202 valence electrons. The minimum absolute atomic E-state index is 0.0158. The molecule has 12 heteroatoms. The van der Waals surface area contributed by atoms with E-state index in [9.17, 15) is 24.5 Å². The highest BCUT2D eigenvalue weighted by Gasteiger charge is 2.39. The molecule has 1 aromatic heterocycles. The minimum atomic E-state index is -0.712. The van der Waals surface area contributed by atoms with Crippen molar-refractivity contribution in [3.05, 3.63) is 93.6 Å². The van der Waals surface area contributed by atoms with E-state index in [1.54, 1.807) is 28.3 Å². The highest BCUT2D eigenvalue weighted by atomic mass is 16.6. The van der Waals surface area contributed by atoms with Crippen LogP contribution in [-0.2, 0) is 35.5 Å². The Morgan fingerprint density at radius 3 is 2.26 bits per heavy atom. The molecule has 0 saturated carbocycles. The molecule has 0 bridgehead atoms. The number of benzene rings is 2. The number of hydrogen-bond donors (Lipinski definition) is 1. The number of nitrogens with two attached hydrogens (primary N) is 1. The number of urea groups is 1. The van der Waals surface area contributed by atoms with Crippen LogP contribution >= 0.6 is 0 Å². The van der Waals surface area contributed by atoms with Gasteiger partial charge in [-0.05, 0) is 11.1 Å². The summed E-state index contributed by atoms with van der Waals surface area (Å²) in [6.45, 7) is 2.03. The molecule has 1 atom stereocenters. The van der Waals surface area contributed by atoms with E-state index in [-0.39, 0.29) is 36.9 Å². The maximum Gasteiger partial charge on any atom is 0.314 e. The number of nitro benzene ring substituents is 1. The summed E-state index contributed by atoms with van der Waals surface area (Å²) in [6.07, 6.45) is 2.12. The smallest absolute Gasteiger partial charge is 0.314 e. The van der Waals surface area contributed by atoms with Crippen LogP contribution in [0, 0.1) is 10.1 Å². The summed E-state index contributed by atoms with van der Waals surface area (Å²) in [5.74, 6) is -0.333. The fourth-order valence-corrected chi connectivity index (χ4v) is 5.14. The number of hydrogen-bond acceptors (Lipinski definition) is 6. The van der Waals surface area contributed by atoms with Gasteiger partial charge in [-0.1, -0.05) is 42.5 Å². The molecule has 2 aliphatic heterocycles. The molecular formula is C27H29N7O5. The van der Waals surface area contributed by atoms with Gasteiger partial charge in [0, 0.05) is 51.3 Å². The van der Waals surface area contributed by atoms with Gasteiger partial charge in [0.05, 0.1) is 35.6 Å². The van der Waals surface area contributed by atoms with E-state index in [1.165, 1.54) is 17.0 Å². The third kappa shape index (κ3) is 5.59. The van der Waals surface area contributed by atoms with Gasteiger partial charge in [0.25, 0.3) is 5.69 Å². The van der Waals surface area contributed by atoms with Gasteiger partial charge < -0.3 is 25.0 Å². The van der Waals surface area contributed by atoms with Crippen LogP contribution in [0.1, 0.15) is 22.5 Å². The Balaban J connectivity index is 1.39.